The molecule has 0 bridgehead atoms. The Morgan fingerprint density at radius 3 is 2.47 bits per heavy atom. The fraction of sp³-hybridized carbons (Fsp3) is 0.500. The first kappa shape index (κ1) is 16.3. The number of halogens is 2. The second kappa shape index (κ2) is 7.13. The molecule has 106 valence electrons. The monoisotopic (exact) mass is 302 g/mol. The van der Waals surface area contributed by atoms with Crippen molar-refractivity contribution in [3.63, 3.8) is 0 Å². The first-order valence-electron chi connectivity index (χ1n) is 6.25. The van der Waals surface area contributed by atoms with E-state index >= 15 is 0 Å². The first-order valence-corrected chi connectivity index (χ1v) is 7.01. The van der Waals surface area contributed by atoms with E-state index < -0.39 is 6.04 Å². The van der Waals surface area contributed by atoms with Crippen LogP contribution >= 0.6 is 23.2 Å². The molecule has 0 heterocycles. The SMILES string of the molecule is CC(C)CC(N)C(=O)N(C)Cc1ccc(Cl)c(Cl)c1. The van der Waals surface area contributed by atoms with Gasteiger partial charge in [0, 0.05) is 13.6 Å². The van der Waals surface area contributed by atoms with Crippen molar-refractivity contribution in [2.45, 2.75) is 32.9 Å². The van der Waals surface area contributed by atoms with Crippen molar-refractivity contribution < 1.29 is 4.79 Å². The van der Waals surface area contributed by atoms with Crippen molar-refractivity contribution in [1.29, 1.82) is 0 Å². The Morgan fingerprint density at radius 2 is 1.95 bits per heavy atom. The molecule has 5 heteroatoms. The number of benzene rings is 1. The molecule has 1 amide bonds. The zero-order valence-corrected chi connectivity index (χ0v) is 13.0. The van der Waals surface area contributed by atoms with Gasteiger partial charge in [0.05, 0.1) is 16.1 Å². The molecule has 19 heavy (non-hydrogen) atoms. The molecule has 0 aliphatic rings. The fourth-order valence-electron chi connectivity index (χ4n) is 1.88. The minimum absolute atomic E-state index is 0.0558. The van der Waals surface area contributed by atoms with Gasteiger partial charge in [-0.1, -0.05) is 43.1 Å². The highest BCUT2D eigenvalue weighted by atomic mass is 35.5. The van der Waals surface area contributed by atoms with Gasteiger partial charge in [-0.15, -0.1) is 0 Å². The predicted molar refractivity (Wildman–Crippen MR) is 80.4 cm³/mol. The van der Waals surface area contributed by atoms with Gasteiger partial charge in [0.25, 0.3) is 0 Å². The zero-order valence-electron chi connectivity index (χ0n) is 11.5. The molecule has 1 aromatic carbocycles. The molecule has 0 aliphatic carbocycles. The third-order valence-electron chi connectivity index (χ3n) is 2.82. The molecule has 1 rings (SSSR count). The average Bonchev–Trinajstić information content (AvgIpc) is 2.32. The minimum Gasteiger partial charge on any atom is -0.340 e. The molecule has 1 unspecified atom stereocenters. The van der Waals surface area contributed by atoms with Crippen molar-refractivity contribution in [2.24, 2.45) is 11.7 Å². The molecule has 1 aromatic rings. The zero-order chi connectivity index (χ0) is 14.6. The van der Waals surface area contributed by atoms with Crippen LogP contribution in [-0.4, -0.2) is 23.9 Å². The van der Waals surface area contributed by atoms with Gasteiger partial charge >= 0.3 is 0 Å². The predicted octanol–water partition coefficient (Wildman–Crippen LogP) is 3.33. The van der Waals surface area contributed by atoms with Crippen LogP contribution in [0.2, 0.25) is 10.0 Å². The Hall–Kier alpha value is -0.770. The molecule has 0 fully saturated rings. The number of nitrogens with zero attached hydrogens (tertiary/aromatic N) is 1. The van der Waals surface area contributed by atoms with Crippen LogP contribution in [0.15, 0.2) is 18.2 Å². The Bertz CT molecular complexity index is 449. The fourth-order valence-corrected chi connectivity index (χ4v) is 2.20. The van der Waals surface area contributed by atoms with Gasteiger partial charge in [-0.2, -0.15) is 0 Å². The second-order valence-electron chi connectivity index (χ2n) is 5.18. The Labute approximate surface area is 124 Å². The number of likely N-dealkylation sites (N-methyl/N-ethyl adjacent to an activating group) is 1. The summed E-state index contributed by atoms with van der Waals surface area (Å²) in [5.41, 5.74) is 6.82. The highest BCUT2D eigenvalue weighted by molar-refractivity contribution is 6.42. The molecule has 0 saturated carbocycles. The summed E-state index contributed by atoms with van der Waals surface area (Å²) in [6.07, 6.45) is 0.685. The second-order valence-corrected chi connectivity index (χ2v) is 5.99. The van der Waals surface area contributed by atoms with Crippen molar-refractivity contribution in [2.75, 3.05) is 7.05 Å². The molecule has 0 radical (unpaired) electrons. The Morgan fingerprint density at radius 1 is 1.32 bits per heavy atom. The van der Waals surface area contributed by atoms with Gasteiger partial charge in [-0.05, 0) is 30.0 Å². The van der Waals surface area contributed by atoms with E-state index in [9.17, 15) is 4.79 Å². The van der Waals surface area contributed by atoms with Crippen LogP contribution in [0, 0.1) is 5.92 Å². The van der Waals surface area contributed by atoms with Crippen molar-refractivity contribution in [3.05, 3.63) is 33.8 Å². The highest BCUT2D eigenvalue weighted by Gasteiger charge is 2.19. The summed E-state index contributed by atoms with van der Waals surface area (Å²) in [5.74, 6) is 0.345. The molecular weight excluding hydrogens is 283 g/mol. The van der Waals surface area contributed by atoms with Crippen molar-refractivity contribution in [3.8, 4) is 0 Å². The number of hydrogen-bond acceptors (Lipinski definition) is 2. The van der Waals surface area contributed by atoms with E-state index in [4.69, 9.17) is 28.9 Å². The summed E-state index contributed by atoms with van der Waals surface area (Å²) in [6.45, 7) is 4.57. The summed E-state index contributed by atoms with van der Waals surface area (Å²) >= 11 is 11.8. The van der Waals surface area contributed by atoms with Crippen LogP contribution in [0.4, 0.5) is 0 Å². The third-order valence-corrected chi connectivity index (χ3v) is 3.56. The molecule has 1 atom stereocenters. The van der Waals surface area contributed by atoms with E-state index in [1.165, 1.54) is 0 Å². The van der Waals surface area contributed by atoms with Gasteiger partial charge in [0.1, 0.15) is 0 Å². The molecule has 0 aromatic heterocycles. The van der Waals surface area contributed by atoms with Crippen LogP contribution in [0.5, 0.6) is 0 Å². The normalized spacial score (nSPS) is 12.6. The van der Waals surface area contributed by atoms with Crippen molar-refractivity contribution in [1.82, 2.24) is 4.90 Å². The number of hydrogen-bond donors (Lipinski definition) is 1. The van der Waals surface area contributed by atoms with Crippen LogP contribution in [0.1, 0.15) is 25.8 Å². The topological polar surface area (TPSA) is 46.3 Å². The lowest BCUT2D eigenvalue weighted by molar-refractivity contribution is -0.132. The standard InChI is InChI=1S/C14H20Cl2N2O/c1-9(2)6-13(17)14(19)18(3)8-10-4-5-11(15)12(16)7-10/h4-5,7,9,13H,6,8,17H2,1-3H3. The molecular formula is C14H20Cl2N2O. The van der Waals surface area contributed by atoms with Crippen LogP contribution in [0.25, 0.3) is 0 Å². The largest absolute Gasteiger partial charge is 0.340 e. The number of amides is 1. The summed E-state index contributed by atoms with van der Waals surface area (Å²) in [6, 6.07) is 4.90. The summed E-state index contributed by atoms with van der Waals surface area (Å²) in [4.78, 5) is 13.7. The first-order chi connectivity index (χ1) is 8.81. The minimum atomic E-state index is -0.451. The summed E-state index contributed by atoms with van der Waals surface area (Å²) in [7, 11) is 1.74. The lowest BCUT2D eigenvalue weighted by Gasteiger charge is -2.22. The van der Waals surface area contributed by atoms with E-state index in [0.29, 0.717) is 28.9 Å². The lowest BCUT2D eigenvalue weighted by atomic mass is 10.0. The number of carbonyl (C=O) groups is 1. The molecule has 3 nitrogen and oxygen atoms in total. The Balaban J connectivity index is 2.65. The van der Waals surface area contributed by atoms with Gasteiger partial charge < -0.3 is 10.6 Å². The molecule has 0 saturated heterocycles. The molecule has 0 spiro atoms. The van der Waals surface area contributed by atoms with Gasteiger partial charge in [-0.3, -0.25) is 4.79 Å². The lowest BCUT2D eigenvalue weighted by Crippen LogP contribution is -2.42. The van der Waals surface area contributed by atoms with E-state index in [1.807, 2.05) is 19.9 Å². The van der Waals surface area contributed by atoms with E-state index in [0.717, 1.165) is 5.56 Å². The average molecular weight is 303 g/mol. The number of nitrogens with two attached hydrogens (primary N) is 1. The van der Waals surface area contributed by atoms with Gasteiger partial charge in [-0.25, -0.2) is 0 Å². The summed E-state index contributed by atoms with van der Waals surface area (Å²) < 4.78 is 0. The van der Waals surface area contributed by atoms with Crippen LogP contribution in [0.3, 0.4) is 0 Å². The molecule has 2 N–H and O–H groups in total. The number of carbonyl (C=O) groups excluding carboxylic acids is 1. The maximum Gasteiger partial charge on any atom is 0.239 e. The quantitative estimate of drug-likeness (QED) is 0.907. The van der Waals surface area contributed by atoms with Gasteiger partial charge in [0.15, 0.2) is 0 Å². The van der Waals surface area contributed by atoms with Crippen molar-refractivity contribution >= 4 is 29.1 Å². The van der Waals surface area contributed by atoms with Crippen LogP contribution < -0.4 is 5.73 Å². The highest BCUT2D eigenvalue weighted by Crippen LogP contribution is 2.23. The van der Waals surface area contributed by atoms with E-state index in [2.05, 4.69) is 0 Å². The van der Waals surface area contributed by atoms with E-state index in [-0.39, 0.29) is 5.91 Å². The maximum atomic E-state index is 12.1. The number of rotatable bonds is 5. The molecule has 0 aliphatic heterocycles. The maximum absolute atomic E-state index is 12.1. The third kappa shape index (κ3) is 5.01. The smallest absolute Gasteiger partial charge is 0.239 e. The van der Waals surface area contributed by atoms with Gasteiger partial charge in [0.2, 0.25) is 5.91 Å². The summed E-state index contributed by atoms with van der Waals surface area (Å²) in [5, 5.41) is 1.00. The Kier molecular flexibility index (Phi) is 6.11. The van der Waals surface area contributed by atoms with E-state index in [1.54, 1.807) is 24.1 Å². The van der Waals surface area contributed by atoms with Crippen LogP contribution in [-0.2, 0) is 11.3 Å².